The molecule has 0 amide bonds. The predicted molar refractivity (Wildman–Crippen MR) is 99.1 cm³/mol. The zero-order valence-corrected chi connectivity index (χ0v) is 15.5. The van der Waals surface area contributed by atoms with Gasteiger partial charge >= 0.3 is 5.97 Å². The molecule has 1 atom stereocenters. The number of furan rings is 1. The lowest BCUT2D eigenvalue weighted by Crippen LogP contribution is -2.44. The predicted octanol–water partition coefficient (Wildman–Crippen LogP) is 2.64. The standard InChI is InChI=1S/C18H20N2O5S/c1-10(2)17(18(21)24-3)20-26(22,23)12-5-7-14-13-6-4-11(19)8-15(13)25-16(14)9-12/h4-10,17,20H,19H2,1-3H3/t17-/m0/s1. The molecule has 3 rings (SSSR count). The van der Waals surface area contributed by atoms with E-state index < -0.39 is 22.0 Å². The summed E-state index contributed by atoms with van der Waals surface area (Å²) >= 11 is 0. The van der Waals surface area contributed by atoms with E-state index in [2.05, 4.69) is 9.46 Å². The highest BCUT2D eigenvalue weighted by Crippen LogP contribution is 2.31. The van der Waals surface area contributed by atoms with Gasteiger partial charge in [-0.05, 0) is 30.2 Å². The normalized spacial score (nSPS) is 13.4. The first-order chi connectivity index (χ1) is 12.2. The molecule has 1 heterocycles. The van der Waals surface area contributed by atoms with Gasteiger partial charge in [0.15, 0.2) is 0 Å². The Balaban J connectivity index is 2.03. The molecule has 0 spiro atoms. The average Bonchev–Trinajstić information content (AvgIpc) is 2.95. The van der Waals surface area contributed by atoms with Crippen LogP contribution in [0.4, 0.5) is 5.69 Å². The SMILES string of the molecule is COC(=O)[C@@H](NS(=O)(=O)c1ccc2c(c1)oc1cc(N)ccc12)C(C)C. The number of nitrogens with one attached hydrogen (secondary N) is 1. The first-order valence-electron chi connectivity index (χ1n) is 8.05. The number of hydrogen-bond donors (Lipinski definition) is 2. The van der Waals surface area contributed by atoms with E-state index in [0.29, 0.717) is 16.9 Å². The molecule has 0 unspecified atom stereocenters. The molecule has 7 nitrogen and oxygen atoms in total. The van der Waals surface area contributed by atoms with Crippen molar-refractivity contribution in [3.8, 4) is 0 Å². The highest BCUT2D eigenvalue weighted by Gasteiger charge is 2.29. The van der Waals surface area contributed by atoms with Crippen molar-refractivity contribution in [1.82, 2.24) is 4.72 Å². The van der Waals surface area contributed by atoms with Crippen molar-refractivity contribution in [2.45, 2.75) is 24.8 Å². The van der Waals surface area contributed by atoms with E-state index in [1.54, 1.807) is 32.0 Å². The number of nitrogens with two attached hydrogens (primary N) is 1. The summed E-state index contributed by atoms with van der Waals surface area (Å²) in [6, 6.07) is 8.88. The maximum atomic E-state index is 12.7. The number of ether oxygens (including phenoxy) is 1. The van der Waals surface area contributed by atoms with Gasteiger partial charge in [0, 0.05) is 28.6 Å². The van der Waals surface area contributed by atoms with Gasteiger partial charge in [-0.2, -0.15) is 4.72 Å². The Morgan fingerprint density at radius 2 is 1.73 bits per heavy atom. The molecule has 0 aliphatic rings. The molecule has 8 heteroatoms. The summed E-state index contributed by atoms with van der Waals surface area (Å²) in [5.41, 5.74) is 7.32. The van der Waals surface area contributed by atoms with Crippen molar-refractivity contribution in [2.24, 2.45) is 5.92 Å². The molecular formula is C18H20N2O5S. The van der Waals surface area contributed by atoms with Crippen LogP contribution in [0.1, 0.15) is 13.8 Å². The van der Waals surface area contributed by atoms with Gasteiger partial charge in [-0.15, -0.1) is 0 Å². The molecule has 0 aliphatic carbocycles. The highest BCUT2D eigenvalue weighted by molar-refractivity contribution is 7.89. The molecule has 0 saturated heterocycles. The topological polar surface area (TPSA) is 112 Å². The van der Waals surface area contributed by atoms with E-state index in [1.807, 2.05) is 6.07 Å². The second kappa shape index (κ2) is 6.62. The van der Waals surface area contributed by atoms with Crippen LogP contribution in [0.3, 0.4) is 0 Å². The number of rotatable bonds is 5. The number of methoxy groups -OCH3 is 1. The van der Waals surface area contributed by atoms with Gasteiger partial charge in [0.05, 0.1) is 12.0 Å². The maximum Gasteiger partial charge on any atom is 0.324 e. The Hall–Kier alpha value is -2.58. The molecule has 0 bridgehead atoms. The van der Waals surface area contributed by atoms with E-state index in [0.717, 1.165) is 10.8 Å². The van der Waals surface area contributed by atoms with Crippen LogP contribution >= 0.6 is 0 Å². The summed E-state index contributed by atoms with van der Waals surface area (Å²) in [5, 5.41) is 1.63. The van der Waals surface area contributed by atoms with Crippen LogP contribution in [-0.4, -0.2) is 27.5 Å². The fraction of sp³-hybridized carbons (Fsp3) is 0.278. The van der Waals surface area contributed by atoms with E-state index in [1.165, 1.54) is 19.2 Å². The number of anilines is 1. The fourth-order valence-corrected chi connectivity index (χ4v) is 4.11. The second-order valence-electron chi connectivity index (χ2n) is 6.38. The van der Waals surface area contributed by atoms with Crippen LogP contribution < -0.4 is 10.5 Å². The largest absolute Gasteiger partial charge is 0.468 e. The fourth-order valence-electron chi connectivity index (χ4n) is 2.76. The van der Waals surface area contributed by atoms with Crippen LogP contribution in [0.25, 0.3) is 21.9 Å². The lowest BCUT2D eigenvalue weighted by atomic mass is 10.1. The van der Waals surface area contributed by atoms with Crippen LogP contribution in [0.2, 0.25) is 0 Å². The number of fused-ring (bicyclic) bond motifs is 3. The number of benzene rings is 2. The third-order valence-corrected chi connectivity index (χ3v) is 5.62. The van der Waals surface area contributed by atoms with Crippen LogP contribution in [-0.2, 0) is 19.6 Å². The monoisotopic (exact) mass is 376 g/mol. The number of carbonyl (C=O) groups is 1. The van der Waals surface area contributed by atoms with Crippen molar-refractivity contribution in [1.29, 1.82) is 0 Å². The van der Waals surface area contributed by atoms with Crippen molar-refractivity contribution in [3.05, 3.63) is 36.4 Å². The van der Waals surface area contributed by atoms with Crippen LogP contribution in [0.15, 0.2) is 45.7 Å². The third-order valence-electron chi connectivity index (χ3n) is 4.18. The van der Waals surface area contributed by atoms with E-state index in [4.69, 9.17) is 10.2 Å². The minimum absolute atomic E-state index is 0.00609. The molecule has 0 aliphatic heterocycles. The third kappa shape index (κ3) is 3.25. The summed E-state index contributed by atoms with van der Waals surface area (Å²) in [7, 11) is -2.71. The van der Waals surface area contributed by atoms with Crippen LogP contribution in [0.5, 0.6) is 0 Å². The van der Waals surface area contributed by atoms with Gasteiger partial charge in [-0.25, -0.2) is 8.42 Å². The van der Waals surface area contributed by atoms with Gasteiger partial charge in [0.25, 0.3) is 0 Å². The Bertz CT molecular complexity index is 1090. The molecule has 26 heavy (non-hydrogen) atoms. The van der Waals surface area contributed by atoms with Gasteiger partial charge in [0.1, 0.15) is 17.2 Å². The number of esters is 1. The Morgan fingerprint density at radius 1 is 1.12 bits per heavy atom. The molecule has 3 N–H and O–H groups in total. The summed E-state index contributed by atoms with van der Waals surface area (Å²) < 4.78 is 38.2. The first kappa shape index (κ1) is 18.2. The quantitative estimate of drug-likeness (QED) is 0.523. The Kier molecular flexibility index (Phi) is 4.64. The molecule has 1 aromatic heterocycles. The Morgan fingerprint density at radius 3 is 2.35 bits per heavy atom. The van der Waals surface area contributed by atoms with Crippen molar-refractivity contribution in [3.63, 3.8) is 0 Å². The second-order valence-corrected chi connectivity index (χ2v) is 8.10. The summed E-state index contributed by atoms with van der Waals surface area (Å²) in [6.07, 6.45) is 0. The van der Waals surface area contributed by atoms with Gasteiger partial charge in [0.2, 0.25) is 10.0 Å². The molecule has 2 aromatic carbocycles. The van der Waals surface area contributed by atoms with E-state index in [-0.39, 0.29) is 10.8 Å². The number of sulfonamides is 1. The smallest absolute Gasteiger partial charge is 0.324 e. The van der Waals surface area contributed by atoms with Crippen molar-refractivity contribution in [2.75, 3.05) is 12.8 Å². The summed E-state index contributed by atoms with van der Waals surface area (Å²) in [5.74, 6) is -0.904. The molecule has 0 saturated carbocycles. The molecule has 138 valence electrons. The van der Waals surface area contributed by atoms with Crippen molar-refractivity contribution >= 4 is 43.6 Å². The van der Waals surface area contributed by atoms with Crippen molar-refractivity contribution < 1.29 is 22.4 Å². The van der Waals surface area contributed by atoms with Gasteiger partial charge in [-0.1, -0.05) is 13.8 Å². The maximum absolute atomic E-state index is 12.7. The highest BCUT2D eigenvalue weighted by atomic mass is 32.2. The lowest BCUT2D eigenvalue weighted by molar-refractivity contribution is -0.143. The first-order valence-corrected chi connectivity index (χ1v) is 9.53. The molecular weight excluding hydrogens is 356 g/mol. The minimum Gasteiger partial charge on any atom is -0.468 e. The number of hydrogen-bond acceptors (Lipinski definition) is 6. The number of nitrogen functional groups attached to an aromatic ring is 1. The van der Waals surface area contributed by atoms with Gasteiger partial charge < -0.3 is 14.9 Å². The minimum atomic E-state index is -3.93. The average molecular weight is 376 g/mol. The Labute approximate surface area is 151 Å². The summed E-state index contributed by atoms with van der Waals surface area (Å²) in [4.78, 5) is 11.9. The summed E-state index contributed by atoms with van der Waals surface area (Å²) in [6.45, 7) is 3.47. The molecule has 0 radical (unpaired) electrons. The molecule has 0 fully saturated rings. The van der Waals surface area contributed by atoms with Gasteiger partial charge in [-0.3, -0.25) is 4.79 Å². The number of carbonyl (C=O) groups excluding carboxylic acids is 1. The molecule has 3 aromatic rings. The van der Waals surface area contributed by atoms with E-state index in [9.17, 15) is 13.2 Å². The zero-order valence-electron chi connectivity index (χ0n) is 14.6. The van der Waals surface area contributed by atoms with E-state index >= 15 is 0 Å². The van der Waals surface area contributed by atoms with Crippen LogP contribution in [0, 0.1) is 5.92 Å². The zero-order chi connectivity index (χ0) is 19.1. The lowest BCUT2D eigenvalue weighted by Gasteiger charge is -2.19.